The molecule has 0 radical (unpaired) electrons. The van der Waals surface area contributed by atoms with Crippen molar-refractivity contribution in [2.75, 3.05) is 4.90 Å². The van der Waals surface area contributed by atoms with Gasteiger partial charge in [0, 0.05) is 90.9 Å². The summed E-state index contributed by atoms with van der Waals surface area (Å²) in [6.07, 6.45) is 0. The zero-order valence-corrected chi connectivity index (χ0v) is 35.8. The van der Waals surface area contributed by atoms with Gasteiger partial charge in [-0.25, -0.2) is 15.0 Å². The third-order valence-electron chi connectivity index (χ3n) is 12.1. The molecule has 13 rings (SSSR count). The molecule has 0 atom stereocenters. The van der Waals surface area contributed by atoms with Crippen molar-refractivity contribution in [3.63, 3.8) is 0 Å². The second kappa shape index (κ2) is 14.8. The van der Waals surface area contributed by atoms with E-state index in [1.54, 1.807) is 0 Å². The van der Waals surface area contributed by atoms with Crippen LogP contribution in [0.15, 0.2) is 211 Å². The number of furan rings is 1. The van der Waals surface area contributed by atoms with Gasteiger partial charge in [0.15, 0.2) is 17.5 Å². The van der Waals surface area contributed by atoms with Crippen LogP contribution in [0.3, 0.4) is 0 Å². The van der Waals surface area contributed by atoms with Gasteiger partial charge >= 0.3 is 0 Å². The average Bonchev–Trinajstić information content (AvgIpc) is 4.05. The molecule has 0 aliphatic carbocycles. The summed E-state index contributed by atoms with van der Waals surface area (Å²) in [4.78, 5) is 17.8. The van der Waals surface area contributed by atoms with Gasteiger partial charge in [-0.05, 0) is 71.8 Å². The Morgan fingerprint density at radius 1 is 0.328 bits per heavy atom. The lowest BCUT2D eigenvalue weighted by molar-refractivity contribution is 0.669. The van der Waals surface area contributed by atoms with Crippen LogP contribution in [0, 0.1) is 0 Å². The minimum Gasteiger partial charge on any atom is -0.456 e. The van der Waals surface area contributed by atoms with Crippen LogP contribution in [0.25, 0.3) is 108 Å². The Kier molecular flexibility index (Phi) is 8.50. The maximum atomic E-state index is 6.80. The smallest absolute Gasteiger partial charge is 0.164 e. The van der Waals surface area contributed by atoms with Crippen LogP contribution < -0.4 is 4.90 Å². The minimum absolute atomic E-state index is 0.584. The summed E-state index contributed by atoms with van der Waals surface area (Å²) in [5, 5.41) is 7.06. The van der Waals surface area contributed by atoms with Crippen molar-refractivity contribution in [3.8, 4) is 45.3 Å². The van der Waals surface area contributed by atoms with E-state index in [0.29, 0.717) is 17.5 Å². The van der Waals surface area contributed by atoms with Crippen LogP contribution in [0.1, 0.15) is 0 Å². The molecular formula is C57H34N4OS2. The lowest BCUT2D eigenvalue weighted by Gasteiger charge is -2.25. The molecule has 0 spiro atoms. The van der Waals surface area contributed by atoms with Gasteiger partial charge in [0.25, 0.3) is 0 Å². The van der Waals surface area contributed by atoms with Gasteiger partial charge in [0.1, 0.15) is 11.2 Å². The summed E-state index contributed by atoms with van der Waals surface area (Å²) in [5.74, 6) is 1.80. The van der Waals surface area contributed by atoms with Crippen molar-refractivity contribution in [2.45, 2.75) is 0 Å². The fourth-order valence-electron chi connectivity index (χ4n) is 9.10. The summed E-state index contributed by atoms with van der Waals surface area (Å²) in [5.41, 5.74) is 9.66. The molecule has 0 amide bonds. The van der Waals surface area contributed by atoms with Crippen molar-refractivity contribution in [1.82, 2.24) is 15.0 Å². The Morgan fingerprint density at radius 2 is 0.828 bits per heavy atom. The quantitative estimate of drug-likeness (QED) is 0.160. The number of hydrogen-bond donors (Lipinski definition) is 0. The Morgan fingerprint density at radius 3 is 1.50 bits per heavy atom. The standard InChI is InChI=1S/C57H34N4OS2/c1-3-13-35(14-4-1)37-17-11-18-38(31-37)56-58-55(36-15-5-2-6-16-36)59-57(60-56)47-21-12-22-48-54(47)46-30-27-39(32-49(46)62-48)61(40-25-28-44-42-19-7-9-23-50(42)63-52(44)33-40)41-26-29-45-43-20-8-10-24-51(43)64-53(45)34-41/h1-34H. The second-order valence-electron chi connectivity index (χ2n) is 16.0. The predicted octanol–water partition coefficient (Wildman–Crippen LogP) is 16.6. The minimum atomic E-state index is 0.584. The number of aromatic nitrogens is 3. The highest BCUT2D eigenvalue weighted by molar-refractivity contribution is 7.26. The Balaban J connectivity index is 0.976. The molecular weight excluding hydrogens is 821 g/mol. The molecule has 0 fully saturated rings. The van der Waals surface area contributed by atoms with Crippen LogP contribution in [0.2, 0.25) is 0 Å². The monoisotopic (exact) mass is 854 g/mol. The second-order valence-corrected chi connectivity index (χ2v) is 18.1. The SMILES string of the molecule is c1ccc(-c2cccc(-c3nc(-c4ccccc4)nc(-c4cccc5oc6cc(N(c7ccc8c(c7)sc7ccccc78)c7ccc8c(c7)sc7ccccc78)ccc6c45)n3)c2)cc1. The van der Waals surface area contributed by atoms with E-state index in [4.69, 9.17) is 19.4 Å². The van der Waals surface area contributed by atoms with Gasteiger partial charge in [0.05, 0.1) is 0 Å². The highest BCUT2D eigenvalue weighted by Gasteiger charge is 2.21. The molecule has 0 saturated heterocycles. The summed E-state index contributed by atoms with van der Waals surface area (Å²) in [6.45, 7) is 0. The van der Waals surface area contributed by atoms with Gasteiger partial charge < -0.3 is 9.32 Å². The molecule has 13 aromatic rings. The maximum Gasteiger partial charge on any atom is 0.164 e. The van der Waals surface area contributed by atoms with E-state index in [9.17, 15) is 0 Å². The predicted molar refractivity (Wildman–Crippen MR) is 269 cm³/mol. The van der Waals surface area contributed by atoms with Gasteiger partial charge in [-0.3, -0.25) is 0 Å². The van der Waals surface area contributed by atoms with Crippen LogP contribution in [0.5, 0.6) is 0 Å². The number of benzene rings is 9. The molecule has 0 saturated carbocycles. The number of hydrogen-bond acceptors (Lipinski definition) is 7. The van der Waals surface area contributed by atoms with E-state index < -0.39 is 0 Å². The van der Waals surface area contributed by atoms with Crippen molar-refractivity contribution >= 4 is 102 Å². The van der Waals surface area contributed by atoms with Gasteiger partial charge in [-0.1, -0.05) is 140 Å². The molecule has 0 aliphatic heterocycles. The molecule has 4 heterocycles. The van der Waals surface area contributed by atoms with Crippen molar-refractivity contribution in [3.05, 3.63) is 206 Å². The van der Waals surface area contributed by atoms with Crippen molar-refractivity contribution < 1.29 is 4.42 Å². The number of fused-ring (bicyclic) bond motifs is 9. The molecule has 0 aliphatic rings. The Labute approximate surface area is 375 Å². The molecule has 0 N–H and O–H groups in total. The Bertz CT molecular complexity index is 3810. The first-order valence-electron chi connectivity index (χ1n) is 21.2. The van der Waals surface area contributed by atoms with Gasteiger partial charge in [0.2, 0.25) is 0 Å². The molecule has 9 aromatic carbocycles. The summed E-state index contributed by atoms with van der Waals surface area (Å²) in [6, 6.07) is 72.7. The van der Waals surface area contributed by atoms with Gasteiger partial charge in [-0.15, -0.1) is 22.7 Å². The highest BCUT2D eigenvalue weighted by Crippen LogP contribution is 2.45. The first-order chi connectivity index (χ1) is 31.7. The van der Waals surface area contributed by atoms with E-state index in [2.05, 4.69) is 163 Å². The van der Waals surface area contributed by atoms with Crippen LogP contribution in [-0.2, 0) is 0 Å². The molecule has 4 aromatic heterocycles. The molecule has 5 nitrogen and oxygen atoms in total. The molecule has 64 heavy (non-hydrogen) atoms. The molecule has 0 unspecified atom stereocenters. The fourth-order valence-corrected chi connectivity index (χ4v) is 11.4. The number of thiophene rings is 2. The zero-order valence-electron chi connectivity index (χ0n) is 34.1. The average molecular weight is 855 g/mol. The summed E-state index contributed by atoms with van der Waals surface area (Å²) in [7, 11) is 0. The lowest BCUT2D eigenvalue weighted by Crippen LogP contribution is -2.09. The normalized spacial score (nSPS) is 11.8. The number of rotatable bonds is 7. The van der Waals surface area contributed by atoms with Crippen LogP contribution >= 0.6 is 22.7 Å². The summed E-state index contributed by atoms with van der Waals surface area (Å²) >= 11 is 3.67. The van der Waals surface area contributed by atoms with Crippen LogP contribution in [0.4, 0.5) is 17.1 Å². The molecule has 0 bridgehead atoms. The van der Waals surface area contributed by atoms with E-state index >= 15 is 0 Å². The largest absolute Gasteiger partial charge is 0.456 e. The molecule has 7 heteroatoms. The van der Waals surface area contributed by atoms with Gasteiger partial charge in [-0.2, -0.15) is 0 Å². The highest BCUT2D eigenvalue weighted by atomic mass is 32.1. The molecule has 300 valence electrons. The maximum absolute atomic E-state index is 6.80. The van der Waals surface area contributed by atoms with Crippen molar-refractivity contribution in [1.29, 1.82) is 0 Å². The lowest BCUT2D eigenvalue weighted by atomic mass is 10.0. The van der Waals surface area contributed by atoms with E-state index in [1.807, 2.05) is 71.2 Å². The van der Waals surface area contributed by atoms with E-state index in [-0.39, 0.29) is 0 Å². The topological polar surface area (TPSA) is 55.1 Å². The zero-order chi connectivity index (χ0) is 42.1. The third kappa shape index (κ3) is 6.16. The van der Waals surface area contributed by atoms with E-state index in [0.717, 1.165) is 66.8 Å². The first kappa shape index (κ1) is 36.7. The Hall–Kier alpha value is -7.97. The van der Waals surface area contributed by atoms with E-state index in [1.165, 1.54) is 40.3 Å². The third-order valence-corrected chi connectivity index (χ3v) is 14.4. The summed E-state index contributed by atoms with van der Waals surface area (Å²) < 4.78 is 11.9. The first-order valence-corrected chi connectivity index (χ1v) is 22.9. The van der Waals surface area contributed by atoms with Crippen molar-refractivity contribution in [2.24, 2.45) is 0 Å². The number of anilines is 3. The fraction of sp³-hybridized carbons (Fsp3) is 0. The number of nitrogens with zero attached hydrogens (tertiary/aromatic N) is 4. The van der Waals surface area contributed by atoms with Crippen LogP contribution in [-0.4, -0.2) is 15.0 Å².